The number of rotatable bonds is 3. The second-order valence-electron chi connectivity index (χ2n) is 2.81. The molecule has 0 aliphatic heterocycles. The molecule has 0 saturated carbocycles. The van der Waals surface area contributed by atoms with Crippen molar-refractivity contribution in [2.24, 2.45) is 0 Å². The third kappa shape index (κ3) is 2.41. The van der Waals surface area contributed by atoms with Crippen LogP contribution in [0.3, 0.4) is 0 Å². The van der Waals surface area contributed by atoms with Gasteiger partial charge in [-0.1, -0.05) is 31.4 Å². The van der Waals surface area contributed by atoms with Gasteiger partial charge < -0.3 is 0 Å². The van der Waals surface area contributed by atoms with Crippen LogP contribution in [0.1, 0.15) is 11.1 Å². The predicted octanol–water partition coefficient (Wildman–Crippen LogP) is 3.15. The first-order chi connectivity index (χ1) is 6.27. The van der Waals surface area contributed by atoms with E-state index in [0.717, 1.165) is 16.7 Å². The van der Waals surface area contributed by atoms with E-state index in [1.54, 1.807) is 12.2 Å². The van der Waals surface area contributed by atoms with E-state index in [1.165, 1.54) is 0 Å². The van der Waals surface area contributed by atoms with Gasteiger partial charge in [0.1, 0.15) is 0 Å². The summed E-state index contributed by atoms with van der Waals surface area (Å²) in [7, 11) is 0. The van der Waals surface area contributed by atoms with Gasteiger partial charge in [0.15, 0.2) is 0 Å². The van der Waals surface area contributed by atoms with Gasteiger partial charge in [-0.25, -0.2) is 0 Å². The Bertz CT molecular complexity index is 348. The van der Waals surface area contributed by atoms with Crippen molar-refractivity contribution < 1.29 is 0 Å². The minimum Gasteiger partial charge on any atom is -0.264 e. The summed E-state index contributed by atoms with van der Waals surface area (Å²) in [5.74, 6) is 0. The van der Waals surface area contributed by atoms with E-state index in [-0.39, 0.29) is 0 Å². The zero-order valence-electron chi connectivity index (χ0n) is 7.83. The van der Waals surface area contributed by atoms with Crippen molar-refractivity contribution in [2.45, 2.75) is 6.92 Å². The van der Waals surface area contributed by atoms with Gasteiger partial charge in [0.05, 0.1) is 0 Å². The molecular formula is C12H13N. The van der Waals surface area contributed by atoms with Gasteiger partial charge in [0.25, 0.3) is 0 Å². The highest BCUT2D eigenvalue weighted by atomic mass is 14.6. The molecule has 1 rings (SSSR count). The highest BCUT2D eigenvalue weighted by molar-refractivity contribution is 5.74. The lowest BCUT2D eigenvalue weighted by atomic mass is 10.1. The zero-order chi connectivity index (χ0) is 9.68. The van der Waals surface area contributed by atoms with Crippen LogP contribution < -0.4 is 0 Å². The molecule has 0 amide bonds. The van der Waals surface area contributed by atoms with Crippen LogP contribution in [-0.2, 0) is 0 Å². The van der Waals surface area contributed by atoms with Gasteiger partial charge in [-0.2, -0.15) is 0 Å². The second-order valence-corrected chi connectivity index (χ2v) is 2.81. The van der Waals surface area contributed by atoms with E-state index in [4.69, 9.17) is 0 Å². The van der Waals surface area contributed by atoms with E-state index in [9.17, 15) is 0 Å². The summed E-state index contributed by atoms with van der Waals surface area (Å²) in [5, 5.41) is 0. The molecule has 0 bridgehead atoms. The number of allylic oxidation sites excluding steroid dienone is 4. The maximum atomic E-state index is 4.11. The SMILES string of the molecule is C=C/C=C(\C=C)c1cncc(C)c1. The molecule has 0 aliphatic rings. The first-order valence-corrected chi connectivity index (χ1v) is 4.15. The number of aromatic nitrogens is 1. The van der Waals surface area contributed by atoms with Crippen molar-refractivity contribution in [1.29, 1.82) is 0 Å². The number of nitrogens with zero attached hydrogens (tertiary/aromatic N) is 1. The molecule has 0 fully saturated rings. The van der Waals surface area contributed by atoms with Crippen LogP contribution in [0.15, 0.2) is 49.8 Å². The first-order valence-electron chi connectivity index (χ1n) is 4.15. The molecule has 13 heavy (non-hydrogen) atoms. The summed E-state index contributed by atoms with van der Waals surface area (Å²) < 4.78 is 0. The van der Waals surface area contributed by atoms with Gasteiger partial charge in [0, 0.05) is 18.0 Å². The average molecular weight is 171 g/mol. The van der Waals surface area contributed by atoms with Crippen LogP contribution in [0.2, 0.25) is 0 Å². The van der Waals surface area contributed by atoms with E-state index in [1.807, 2.05) is 25.4 Å². The molecule has 0 unspecified atom stereocenters. The minimum absolute atomic E-state index is 1.05. The lowest BCUT2D eigenvalue weighted by Gasteiger charge is -2.01. The van der Waals surface area contributed by atoms with Gasteiger partial charge in [-0.3, -0.25) is 4.98 Å². The van der Waals surface area contributed by atoms with Crippen LogP contribution in [0.4, 0.5) is 0 Å². The molecule has 0 radical (unpaired) electrons. The highest BCUT2D eigenvalue weighted by Crippen LogP contribution is 2.15. The Labute approximate surface area is 79.1 Å². The van der Waals surface area contributed by atoms with Crippen molar-refractivity contribution in [1.82, 2.24) is 4.98 Å². The lowest BCUT2D eigenvalue weighted by Crippen LogP contribution is -1.84. The lowest BCUT2D eigenvalue weighted by molar-refractivity contribution is 1.25. The van der Waals surface area contributed by atoms with Crippen molar-refractivity contribution >= 4 is 5.57 Å². The second kappa shape index (κ2) is 4.41. The van der Waals surface area contributed by atoms with Gasteiger partial charge in [-0.05, 0) is 24.1 Å². The molecule has 0 aromatic carbocycles. The van der Waals surface area contributed by atoms with Crippen LogP contribution >= 0.6 is 0 Å². The Morgan fingerprint density at radius 1 is 1.38 bits per heavy atom. The molecule has 1 aromatic rings. The number of hydrogen-bond acceptors (Lipinski definition) is 1. The first kappa shape index (κ1) is 9.46. The summed E-state index contributed by atoms with van der Waals surface area (Å²) >= 11 is 0. The largest absolute Gasteiger partial charge is 0.264 e. The Kier molecular flexibility index (Phi) is 3.21. The van der Waals surface area contributed by atoms with E-state index in [2.05, 4.69) is 24.2 Å². The van der Waals surface area contributed by atoms with E-state index in [0.29, 0.717) is 0 Å². The number of aryl methyl sites for hydroxylation is 1. The third-order valence-corrected chi connectivity index (χ3v) is 1.73. The van der Waals surface area contributed by atoms with E-state index >= 15 is 0 Å². The maximum absolute atomic E-state index is 4.11. The molecular weight excluding hydrogens is 158 g/mol. The molecule has 1 heterocycles. The van der Waals surface area contributed by atoms with Crippen molar-refractivity contribution in [3.05, 3.63) is 61.0 Å². The predicted molar refractivity (Wildman–Crippen MR) is 57.3 cm³/mol. The van der Waals surface area contributed by atoms with Crippen molar-refractivity contribution in [3.63, 3.8) is 0 Å². The summed E-state index contributed by atoms with van der Waals surface area (Å²) in [6.07, 6.45) is 9.13. The highest BCUT2D eigenvalue weighted by Gasteiger charge is 1.96. The Hall–Kier alpha value is -1.63. The summed E-state index contributed by atoms with van der Waals surface area (Å²) in [6, 6.07) is 2.07. The third-order valence-electron chi connectivity index (χ3n) is 1.73. The normalized spacial score (nSPS) is 11.0. The number of hydrogen-bond donors (Lipinski definition) is 0. The summed E-state index contributed by atoms with van der Waals surface area (Å²) in [4.78, 5) is 4.11. The Morgan fingerprint density at radius 3 is 2.69 bits per heavy atom. The van der Waals surface area contributed by atoms with Crippen molar-refractivity contribution in [3.8, 4) is 0 Å². The summed E-state index contributed by atoms with van der Waals surface area (Å²) in [5.41, 5.74) is 3.27. The number of pyridine rings is 1. The van der Waals surface area contributed by atoms with Crippen LogP contribution in [0.25, 0.3) is 5.57 Å². The quantitative estimate of drug-likeness (QED) is 0.637. The molecule has 1 nitrogen and oxygen atoms in total. The standard InChI is InChI=1S/C12H13N/c1-4-6-11(5-2)12-7-10(3)8-13-9-12/h4-9H,1-2H2,3H3/b11-6+. The Morgan fingerprint density at radius 2 is 2.15 bits per heavy atom. The topological polar surface area (TPSA) is 12.9 Å². The van der Waals surface area contributed by atoms with Gasteiger partial charge in [-0.15, -0.1) is 0 Å². The molecule has 0 aliphatic carbocycles. The fourth-order valence-corrected chi connectivity index (χ4v) is 1.12. The minimum atomic E-state index is 1.05. The van der Waals surface area contributed by atoms with Crippen LogP contribution in [0.5, 0.6) is 0 Å². The molecule has 1 heteroatoms. The summed E-state index contributed by atoms with van der Waals surface area (Å²) in [6.45, 7) is 9.41. The molecule has 0 N–H and O–H groups in total. The van der Waals surface area contributed by atoms with Crippen molar-refractivity contribution in [2.75, 3.05) is 0 Å². The smallest absolute Gasteiger partial charge is 0.0346 e. The fourth-order valence-electron chi connectivity index (χ4n) is 1.12. The molecule has 0 saturated heterocycles. The fraction of sp³-hybridized carbons (Fsp3) is 0.0833. The van der Waals surface area contributed by atoms with Crippen LogP contribution in [-0.4, -0.2) is 4.98 Å². The van der Waals surface area contributed by atoms with Crippen LogP contribution in [0, 0.1) is 6.92 Å². The van der Waals surface area contributed by atoms with E-state index < -0.39 is 0 Å². The Balaban J connectivity index is 3.12. The molecule has 1 aromatic heterocycles. The monoisotopic (exact) mass is 171 g/mol. The van der Waals surface area contributed by atoms with Gasteiger partial charge >= 0.3 is 0 Å². The van der Waals surface area contributed by atoms with Gasteiger partial charge in [0.2, 0.25) is 0 Å². The maximum Gasteiger partial charge on any atom is 0.0346 e. The molecule has 0 atom stereocenters. The average Bonchev–Trinajstić information content (AvgIpc) is 2.14. The molecule has 0 spiro atoms. The molecule has 66 valence electrons. The zero-order valence-corrected chi connectivity index (χ0v) is 7.83.